The van der Waals surface area contributed by atoms with Crippen molar-refractivity contribution >= 4 is 16.9 Å². The third kappa shape index (κ3) is 4.35. The Hall–Kier alpha value is -2.30. The Balaban J connectivity index is 1.88. The van der Waals surface area contributed by atoms with Crippen LogP contribution in [0.3, 0.4) is 0 Å². The van der Waals surface area contributed by atoms with Crippen molar-refractivity contribution in [1.29, 1.82) is 0 Å². The molecular formula is C17H20FNO3. The molecule has 0 bridgehead atoms. The molecule has 2 aromatic carbocycles. The van der Waals surface area contributed by atoms with Crippen LogP contribution in [0.1, 0.15) is 20.8 Å². The van der Waals surface area contributed by atoms with Crippen LogP contribution in [-0.4, -0.2) is 24.8 Å². The number of carbonyl (C=O) groups is 1. The SMILES string of the molecule is CC(C)(C)OC(=O)NCCOc1ccc2ccccc2c1F. The number of benzene rings is 2. The van der Waals surface area contributed by atoms with Gasteiger partial charge in [-0.2, -0.15) is 0 Å². The summed E-state index contributed by atoms with van der Waals surface area (Å²) in [5.74, 6) is -0.222. The molecule has 0 fully saturated rings. The predicted molar refractivity (Wildman–Crippen MR) is 83.6 cm³/mol. The summed E-state index contributed by atoms with van der Waals surface area (Å²) in [4.78, 5) is 11.4. The van der Waals surface area contributed by atoms with E-state index in [9.17, 15) is 9.18 Å². The summed E-state index contributed by atoms with van der Waals surface area (Å²) in [7, 11) is 0. The number of ether oxygens (including phenoxy) is 2. The molecule has 22 heavy (non-hydrogen) atoms. The summed E-state index contributed by atoms with van der Waals surface area (Å²) in [5, 5.41) is 3.89. The summed E-state index contributed by atoms with van der Waals surface area (Å²) in [5.41, 5.74) is -0.546. The van der Waals surface area contributed by atoms with Crippen LogP contribution in [0.15, 0.2) is 36.4 Å². The van der Waals surface area contributed by atoms with E-state index in [1.165, 1.54) is 0 Å². The van der Waals surface area contributed by atoms with Gasteiger partial charge in [0.1, 0.15) is 12.2 Å². The molecule has 0 unspecified atom stereocenters. The van der Waals surface area contributed by atoms with Crippen molar-refractivity contribution in [1.82, 2.24) is 5.32 Å². The van der Waals surface area contributed by atoms with Crippen molar-refractivity contribution in [3.8, 4) is 5.75 Å². The summed E-state index contributed by atoms with van der Waals surface area (Å²) < 4.78 is 24.7. The first-order valence-electron chi connectivity index (χ1n) is 7.14. The number of carbonyl (C=O) groups excluding carboxylic acids is 1. The van der Waals surface area contributed by atoms with E-state index in [1.807, 2.05) is 12.1 Å². The molecule has 2 rings (SSSR count). The summed E-state index contributed by atoms with van der Waals surface area (Å²) >= 11 is 0. The predicted octanol–water partition coefficient (Wildman–Crippen LogP) is 3.88. The van der Waals surface area contributed by atoms with Gasteiger partial charge in [0.05, 0.1) is 6.54 Å². The fraction of sp³-hybridized carbons (Fsp3) is 0.353. The number of alkyl carbamates (subject to hydrolysis) is 1. The molecule has 0 atom stereocenters. The van der Waals surface area contributed by atoms with Crippen molar-refractivity contribution in [2.24, 2.45) is 0 Å². The highest BCUT2D eigenvalue weighted by atomic mass is 19.1. The second-order valence-corrected chi connectivity index (χ2v) is 5.88. The van der Waals surface area contributed by atoms with E-state index in [0.717, 1.165) is 5.39 Å². The van der Waals surface area contributed by atoms with Crippen LogP contribution < -0.4 is 10.1 Å². The summed E-state index contributed by atoms with van der Waals surface area (Å²) in [6, 6.07) is 10.6. The molecular weight excluding hydrogens is 285 g/mol. The zero-order valence-corrected chi connectivity index (χ0v) is 13.0. The van der Waals surface area contributed by atoms with Gasteiger partial charge in [-0.05, 0) is 32.2 Å². The zero-order chi connectivity index (χ0) is 16.2. The zero-order valence-electron chi connectivity index (χ0n) is 13.0. The van der Waals surface area contributed by atoms with Gasteiger partial charge in [-0.3, -0.25) is 0 Å². The van der Waals surface area contributed by atoms with E-state index in [0.29, 0.717) is 5.39 Å². The molecule has 0 saturated heterocycles. The lowest BCUT2D eigenvalue weighted by atomic mass is 10.1. The lowest BCUT2D eigenvalue weighted by Gasteiger charge is -2.19. The molecule has 1 N–H and O–H groups in total. The maximum atomic E-state index is 14.2. The van der Waals surface area contributed by atoms with E-state index in [1.54, 1.807) is 45.0 Å². The maximum absolute atomic E-state index is 14.2. The van der Waals surface area contributed by atoms with Crippen LogP contribution >= 0.6 is 0 Å². The van der Waals surface area contributed by atoms with Gasteiger partial charge < -0.3 is 14.8 Å². The van der Waals surface area contributed by atoms with Crippen LogP contribution in [0.4, 0.5) is 9.18 Å². The molecule has 4 nitrogen and oxygen atoms in total. The molecule has 0 aliphatic heterocycles. The normalized spacial score (nSPS) is 11.3. The van der Waals surface area contributed by atoms with Gasteiger partial charge >= 0.3 is 6.09 Å². The molecule has 0 spiro atoms. The van der Waals surface area contributed by atoms with Crippen LogP contribution in [0, 0.1) is 5.82 Å². The van der Waals surface area contributed by atoms with Crippen molar-refractivity contribution in [3.05, 3.63) is 42.2 Å². The number of nitrogens with one attached hydrogen (secondary N) is 1. The average molecular weight is 305 g/mol. The molecule has 0 heterocycles. The lowest BCUT2D eigenvalue weighted by Crippen LogP contribution is -2.34. The molecule has 118 valence electrons. The first kappa shape index (κ1) is 16.1. The molecule has 1 amide bonds. The highest BCUT2D eigenvalue weighted by Gasteiger charge is 2.15. The first-order valence-corrected chi connectivity index (χ1v) is 7.14. The average Bonchev–Trinajstić information content (AvgIpc) is 2.44. The minimum Gasteiger partial charge on any atom is -0.489 e. The third-order valence-corrected chi connectivity index (χ3v) is 2.86. The van der Waals surface area contributed by atoms with Crippen molar-refractivity contribution < 1.29 is 18.7 Å². The number of amides is 1. The van der Waals surface area contributed by atoms with Gasteiger partial charge in [0.25, 0.3) is 0 Å². The number of halogens is 1. The minimum atomic E-state index is -0.546. The molecule has 0 aliphatic rings. The van der Waals surface area contributed by atoms with Crippen molar-refractivity contribution in [3.63, 3.8) is 0 Å². The molecule has 0 aromatic heterocycles. The fourth-order valence-electron chi connectivity index (χ4n) is 1.95. The Kier molecular flexibility index (Phi) is 4.85. The highest BCUT2D eigenvalue weighted by Crippen LogP contribution is 2.25. The fourth-order valence-corrected chi connectivity index (χ4v) is 1.95. The molecule has 0 saturated carbocycles. The van der Waals surface area contributed by atoms with Crippen LogP contribution in [-0.2, 0) is 4.74 Å². The second kappa shape index (κ2) is 6.64. The smallest absolute Gasteiger partial charge is 0.407 e. The first-order chi connectivity index (χ1) is 10.4. The molecule has 2 aromatic rings. The number of rotatable bonds is 4. The highest BCUT2D eigenvalue weighted by molar-refractivity contribution is 5.84. The molecule has 0 aliphatic carbocycles. The standard InChI is InChI=1S/C17H20FNO3/c1-17(2,3)22-16(20)19-10-11-21-14-9-8-12-6-4-5-7-13(12)15(14)18/h4-9H,10-11H2,1-3H3,(H,19,20). The minimum absolute atomic E-state index is 0.161. The number of fused-ring (bicyclic) bond motifs is 1. The summed E-state index contributed by atoms with van der Waals surface area (Å²) in [6.07, 6.45) is -0.518. The number of hydrogen-bond acceptors (Lipinski definition) is 3. The Bertz CT molecular complexity index is 664. The molecule has 5 heteroatoms. The van der Waals surface area contributed by atoms with Gasteiger partial charge in [0, 0.05) is 5.39 Å². The van der Waals surface area contributed by atoms with E-state index in [-0.39, 0.29) is 18.9 Å². The van der Waals surface area contributed by atoms with Crippen molar-refractivity contribution in [2.75, 3.05) is 13.2 Å². The second-order valence-electron chi connectivity index (χ2n) is 5.88. The van der Waals surface area contributed by atoms with Gasteiger partial charge in [0.2, 0.25) is 0 Å². The van der Waals surface area contributed by atoms with Gasteiger partial charge in [-0.25, -0.2) is 9.18 Å². The Morgan fingerprint density at radius 2 is 1.91 bits per heavy atom. The maximum Gasteiger partial charge on any atom is 0.407 e. The topological polar surface area (TPSA) is 47.6 Å². The van der Waals surface area contributed by atoms with Gasteiger partial charge in [-0.15, -0.1) is 0 Å². The van der Waals surface area contributed by atoms with E-state index < -0.39 is 17.5 Å². The van der Waals surface area contributed by atoms with E-state index >= 15 is 0 Å². The molecule has 0 radical (unpaired) electrons. The van der Waals surface area contributed by atoms with Crippen LogP contribution in [0.25, 0.3) is 10.8 Å². The van der Waals surface area contributed by atoms with Crippen LogP contribution in [0.2, 0.25) is 0 Å². The van der Waals surface area contributed by atoms with E-state index in [4.69, 9.17) is 9.47 Å². The van der Waals surface area contributed by atoms with Crippen LogP contribution in [0.5, 0.6) is 5.75 Å². The van der Waals surface area contributed by atoms with E-state index in [2.05, 4.69) is 5.32 Å². The largest absolute Gasteiger partial charge is 0.489 e. The summed E-state index contributed by atoms with van der Waals surface area (Å²) in [6.45, 7) is 5.75. The lowest BCUT2D eigenvalue weighted by molar-refractivity contribution is 0.0520. The van der Waals surface area contributed by atoms with Gasteiger partial charge in [-0.1, -0.05) is 30.3 Å². The van der Waals surface area contributed by atoms with Gasteiger partial charge in [0.15, 0.2) is 11.6 Å². The third-order valence-electron chi connectivity index (χ3n) is 2.86. The Labute approximate surface area is 129 Å². The Morgan fingerprint density at radius 3 is 2.64 bits per heavy atom. The number of hydrogen-bond donors (Lipinski definition) is 1. The quantitative estimate of drug-likeness (QED) is 0.872. The monoisotopic (exact) mass is 305 g/mol. The van der Waals surface area contributed by atoms with Crippen molar-refractivity contribution in [2.45, 2.75) is 26.4 Å². The Morgan fingerprint density at radius 1 is 1.18 bits per heavy atom.